The van der Waals surface area contributed by atoms with Crippen LogP contribution in [-0.2, 0) is 0 Å². The van der Waals surface area contributed by atoms with Gasteiger partial charge in [0, 0.05) is 12.9 Å². The lowest BCUT2D eigenvalue weighted by atomic mass is 11.1. The van der Waals surface area contributed by atoms with Gasteiger partial charge in [0.2, 0.25) is 0 Å². The van der Waals surface area contributed by atoms with Gasteiger partial charge in [-0.2, -0.15) is 5.11 Å². The average molecular weight is 115 g/mol. The Kier molecular flexibility index (Phi) is 4.87. The summed E-state index contributed by atoms with van der Waals surface area (Å²) in [7, 11) is 0. The van der Waals surface area contributed by atoms with Gasteiger partial charge in [0.1, 0.15) is 12.1 Å². The number of nitrogens with zero attached hydrogens (tertiary/aromatic N) is 3. The first kappa shape index (κ1) is 6.36. The Bertz CT molecular complexity index is 88.2. The Labute approximate surface area is 46.5 Å². The molecule has 0 spiro atoms. The maximum Gasteiger partial charge on any atom is 0.137 e. The first-order chi connectivity index (χ1) is 3.41. The topological polar surface area (TPSA) is 37.1 Å². The molecular formula is C3H5N3S. The molecule has 0 atom stereocenters. The Hall–Kier alpha value is -0.640. The van der Waals surface area contributed by atoms with E-state index in [9.17, 15) is 0 Å². The minimum absolute atomic E-state index is 0.934. The van der Waals surface area contributed by atoms with E-state index in [0.29, 0.717) is 0 Å². The third kappa shape index (κ3) is 5.36. The molecule has 0 bridgehead atoms. The monoisotopic (exact) mass is 115 g/mol. The standard InChI is InChI=1S/C3H5N3S/c1-3-5-6-7-4-2/h3H,1-2H2/b6-5-. The molecule has 0 aromatic carbocycles. The second-order valence-corrected chi connectivity index (χ2v) is 1.18. The number of rotatable bonds is 3. The summed E-state index contributed by atoms with van der Waals surface area (Å²) in [6, 6.07) is 0. The van der Waals surface area contributed by atoms with Crippen molar-refractivity contribution in [3.8, 4) is 0 Å². The van der Waals surface area contributed by atoms with Crippen molar-refractivity contribution in [2.45, 2.75) is 0 Å². The van der Waals surface area contributed by atoms with Crippen LogP contribution in [0.25, 0.3) is 0 Å². The Morgan fingerprint density at radius 1 is 1.57 bits per heavy atom. The molecule has 0 aromatic rings. The number of hydrogen-bond donors (Lipinski definition) is 0. The molecule has 0 amide bonds. The normalized spacial score (nSPS) is 9.14. The van der Waals surface area contributed by atoms with Crippen LogP contribution < -0.4 is 0 Å². The highest BCUT2D eigenvalue weighted by Crippen LogP contribution is 2.00. The van der Waals surface area contributed by atoms with E-state index in [0.717, 1.165) is 12.1 Å². The van der Waals surface area contributed by atoms with E-state index in [-0.39, 0.29) is 0 Å². The van der Waals surface area contributed by atoms with Gasteiger partial charge in [-0.25, -0.2) is 4.40 Å². The quantitative estimate of drug-likeness (QED) is 0.314. The fourth-order valence-corrected chi connectivity index (χ4v) is 0.241. The summed E-state index contributed by atoms with van der Waals surface area (Å²) < 4.78 is 6.73. The highest BCUT2D eigenvalue weighted by molar-refractivity contribution is 7.96. The lowest BCUT2D eigenvalue weighted by molar-refractivity contribution is 1.35. The molecule has 0 unspecified atom stereocenters. The van der Waals surface area contributed by atoms with Gasteiger partial charge in [0.15, 0.2) is 0 Å². The molecule has 0 aliphatic rings. The largest absolute Gasteiger partial charge is 0.208 e. The predicted octanol–water partition coefficient (Wildman–Crippen LogP) is 1.85. The summed E-state index contributed by atoms with van der Waals surface area (Å²) in [5.41, 5.74) is 0. The smallest absolute Gasteiger partial charge is 0.137 e. The highest BCUT2D eigenvalue weighted by Gasteiger charge is 1.62. The van der Waals surface area contributed by atoms with Crippen molar-refractivity contribution in [3.63, 3.8) is 0 Å². The van der Waals surface area contributed by atoms with Crippen LogP contribution in [0.3, 0.4) is 0 Å². The molecule has 0 rings (SSSR count). The molecule has 0 aliphatic carbocycles. The van der Waals surface area contributed by atoms with Crippen molar-refractivity contribution >= 4 is 18.9 Å². The van der Waals surface area contributed by atoms with Gasteiger partial charge in [0.25, 0.3) is 0 Å². The third-order valence-corrected chi connectivity index (χ3v) is 0.506. The van der Waals surface area contributed by atoms with Crippen molar-refractivity contribution in [1.29, 1.82) is 0 Å². The molecule has 3 nitrogen and oxygen atoms in total. The molecule has 0 heterocycles. The third-order valence-electron chi connectivity index (χ3n) is 0.223. The van der Waals surface area contributed by atoms with E-state index in [4.69, 9.17) is 0 Å². The first-order valence-electron chi connectivity index (χ1n) is 1.55. The molecule has 0 aliphatic heterocycles. The summed E-state index contributed by atoms with van der Waals surface area (Å²) in [5, 5.41) is 3.38. The second-order valence-electron chi connectivity index (χ2n) is 0.590. The van der Waals surface area contributed by atoms with Crippen LogP contribution in [0, 0.1) is 0 Å². The van der Waals surface area contributed by atoms with Gasteiger partial charge < -0.3 is 0 Å². The van der Waals surface area contributed by atoms with Crippen molar-refractivity contribution in [2.75, 3.05) is 0 Å². The number of hydrogen-bond acceptors (Lipinski definition) is 4. The summed E-state index contributed by atoms with van der Waals surface area (Å²) in [5.74, 6) is 0. The zero-order chi connectivity index (χ0) is 5.54. The van der Waals surface area contributed by atoms with Gasteiger partial charge in [-0.1, -0.05) is 11.1 Å². The van der Waals surface area contributed by atoms with E-state index in [1.54, 1.807) is 0 Å². The highest BCUT2D eigenvalue weighted by atomic mass is 32.2. The lowest BCUT2D eigenvalue weighted by Crippen LogP contribution is -1.38. The van der Waals surface area contributed by atoms with Crippen molar-refractivity contribution in [3.05, 3.63) is 12.8 Å². The minimum atomic E-state index is 0.934. The minimum Gasteiger partial charge on any atom is -0.208 e. The van der Waals surface area contributed by atoms with Gasteiger partial charge in [-0.3, -0.25) is 0 Å². The molecule has 4 heteroatoms. The molecule has 38 valence electrons. The van der Waals surface area contributed by atoms with Crippen molar-refractivity contribution in [2.24, 2.45) is 14.0 Å². The van der Waals surface area contributed by atoms with Gasteiger partial charge in [0.05, 0.1) is 0 Å². The van der Waals surface area contributed by atoms with E-state index < -0.39 is 0 Å². The summed E-state index contributed by atoms with van der Waals surface area (Å²) >= 11 is 0.934. The molecule has 7 heavy (non-hydrogen) atoms. The molecule has 0 fully saturated rings. The van der Waals surface area contributed by atoms with Crippen LogP contribution in [-0.4, -0.2) is 6.72 Å². The van der Waals surface area contributed by atoms with Crippen LogP contribution in [0.2, 0.25) is 0 Å². The predicted molar refractivity (Wildman–Crippen MR) is 32.2 cm³/mol. The van der Waals surface area contributed by atoms with Gasteiger partial charge in [-0.05, 0) is 0 Å². The van der Waals surface area contributed by atoms with Gasteiger partial charge >= 0.3 is 0 Å². The Morgan fingerprint density at radius 2 is 2.29 bits per heavy atom. The maximum absolute atomic E-state index is 3.40. The molecule has 0 aromatic heterocycles. The molecule has 0 saturated carbocycles. The fraction of sp³-hybridized carbons (Fsp3) is 0. The summed E-state index contributed by atoms with van der Waals surface area (Å²) in [6.45, 7) is 6.45. The van der Waals surface area contributed by atoms with E-state index in [1.165, 1.54) is 6.20 Å². The zero-order valence-corrected chi connectivity index (χ0v) is 4.56. The lowest BCUT2D eigenvalue weighted by Gasteiger charge is -1.69. The zero-order valence-electron chi connectivity index (χ0n) is 3.74. The van der Waals surface area contributed by atoms with E-state index >= 15 is 0 Å². The fourth-order valence-electron chi connectivity index (χ4n) is 0.0802. The van der Waals surface area contributed by atoms with Crippen LogP contribution in [0.1, 0.15) is 0 Å². The maximum atomic E-state index is 3.40. The summed E-state index contributed by atoms with van der Waals surface area (Å²) in [6.07, 6.45) is 1.33. The van der Waals surface area contributed by atoms with E-state index in [2.05, 4.69) is 27.3 Å². The molecule has 0 saturated heterocycles. The van der Waals surface area contributed by atoms with Crippen LogP contribution in [0.4, 0.5) is 0 Å². The van der Waals surface area contributed by atoms with Crippen molar-refractivity contribution < 1.29 is 0 Å². The first-order valence-corrected chi connectivity index (χ1v) is 2.28. The van der Waals surface area contributed by atoms with Crippen LogP contribution >= 0.6 is 12.1 Å². The van der Waals surface area contributed by atoms with Crippen molar-refractivity contribution in [1.82, 2.24) is 0 Å². The molecule has 0 radical (unpaired) electrons. The Balaban J connectivity index is 3.08. The van der Waals surface area contributed by atoms with E-state index in [1.807, 2.05) is 0 Å². The summed E-state index contributed by atoms with van der Waals surface area (Å²) in [4.78, 5) is 0. The van der Waals surface area contributed by atoms with Gasteiger partial charge in [-0.15, -0.1) is 0 Å². The molecule has 0 N–H and O–H groups in total. The Morgan fingerprint density at radius 3 is 2.71 bits per heavy atom. The second kappa shape index (κ2) is 5.36. The van der Waals surface area contributed by atoms with Crippen LogP contribution in [0.15, 0.2) is 26.8 Å². The molecular weight excluding hydrogens is 110 g/mol. The average Bonchev–Trinajstić information content (AvgIpc) is 1.69. The van der Waals surface area contributed by atoms with Crippen LogP contribution in [0.5, 0.6) is 0 Å². The SMILES string of the molecule is C=C/N=N\SN=C.